The van der Waals surface area contributed by atoms with Crippen molar-refractivity contribution in [3.05, 3.63) is 0 Å². The van der Waals surface area contributed by atoms with Gasteiger partial charge in [-0.15, -0.1) is 0 Å². The molecule has 1 saturated heterocycles. The maximum atomic E-state index is 9.65. The van der Waals surface area contributed by atoms with Crippen molar-refractivity contribution in [2.75, 3.05) is 13.2 Å². The van der Waals surface area contributed by atoms with Crippen molar-refractivity contribution in [1.82, 2.24) is 0 Å². The summed E-state index contributed by atoms with van der Waals surface area (Å²) in [6.07, 6.45) is -6.13. The van der Waals surface area contributed by atoms with Gasteiger partial charge in [0.05, 0.1) is 6.61 Å². The summed E-state index contributed by atoms with van der Waals surface area (Å²) in [7, 11) is 0. The lowest BCUT2D eigenvalue weighted by atomic mass is 9.98. The number of hydrogen-bond acceptors (Lipinski definition) is 7. The first kappa shape index (κ1) is 12.8. The average molecular weight is 224 g/mol. The molecule has 5 atom stereocenters. The van der Waals surface area contributed by atoms with Crippen LogP contribution in [0.2, 0.25) is 0 Å². The Morgan fingerprint density at radius 3 is 2.33 bits per heavy atom. The highest BCUT2D eigenvalue weighted by Gasteiger charge is 2.53. The summed E-state index contributed by atoms with van der Waals surface area (Å²) in [5, 5.41) is 46.6. The molecule has 0 saturated carbocycles. The Morgan fingerprint density at radius 1 is 1.27 bits per heavy atom. The molecule has 1 fully saturated rings. The summed E-state index contributed by atoms with van der Waals surface area (Å²) in [4.78, 5) is 0. The zero-order valence-corrected chi connectivity index (χ0v) is 8.28. The van der Waals surface area contributed by atoms with E-state index in [4.69, 9.17) is 14.6 Å². The molecule has 0 unspecified atom stereocenters. The van der Waals surface area contributed by atoms with Gasteiger partial charge in [-0.1, -0.05) is 0 Å². The highest BCUT2D eigenvalue weighted by Crippen LogP contribution is 2.28. The van der Waals surface area contributed by atoms with Gasteiger partial charge >= 0.3 is 5.97 Å². The fourth-order valence-electron chi connectivity index (χ4n) is 1.45. The summed E-state index contributed by atoms with van der Waals surface area (Å²) >= 11 is 0. The fourth-order valence-corrected chi connectivity index (χ4v) is 1.45. The first-order chi connectivity index (χ1) is 6.96. The van der Waals surface area contributed by atoms with Crippen molar-refractivity contribution < 1.29 is 35.0 Å². The summed E-state index contributed by atoms with van der Waals surface area (Å²) in [5.41, 5.74) is 0. The Kier molecular flexibility index (Phi) is 4.01. The number of ether oxygens (including phenoxy) is 2. The summed E-state index contributed by atoms with van der Waals surface area (Å²) < 4.78 is 9.52. The third-order valence-electron chi connectivity index (χ3n) is 2.28. The molecule has 0 bridgehead atoms. The van der Waals surface area contributed by atoms with Gasteiger partial charge in [-0.2, -0.15) is 0 Å². The van der Waals surface area contributed by atoms with Crippen LogP contribution in [0.4, 0.5) is 0 Å². The molecule has 15 heavy (non-hydrogen) atoms. The minimum Gasteiger partial charge on any atom is -0.394 e. The maximum absolute atomic E-state index is 9.65. The molecule has 5 N–H and O–H groups in total. The minimum atomic E-state index is -2.40. The molecular weight excluding hydrogens is 208 g/mol. The van der Waals surface area contributed by atoms with Gasteiger partial charge in [-0.05, 0) is 6.92 Å². The number of aliphatic hydroxyl groups excluding tert-OH is 4. The van der Waals surface area contributed by atoms with Crippen LogP contribution in [0.15, 0.2) is 0 Å². The Balaban J connectivity index is 2.82. The fraction of sp³-hybridized carbons (Fsp3) is 1.00. The molecule has 0 amide bonds. The van der Waals surface area contributed by atoms with Crippen molar-refractivity contribution in [3.63, 3.8) is 0 Å². The van der Waals surface area contributed by atoms with Crippen molar-refractivity contribution in [3.8, 4) is 0 Å². The van der Waals surface area contributed by atoms with E-state index in [0.717, 1.165) is 0 Å². The van der Waals surface area contributed by atoms with Gasteiger partial charge in [0.2, 0.25) is 0 Å². The van der Waals surface area contributed by atoms with Crippen LogP contribution in [-0.2, 0) is 9.47 Å². The van der Waals surface area contributed by atoms with Crippen molar-refractivity contribution in [2.45, 2.75) is 37.3 Å². The SMILES string of the molecule is CCO[C@@]1(O)O[C@H](CO)[C@H](O)[C@H](O)[C@H]1O. The maximum Gasteiger partial charge on any atom is 0.311 e. The molecule has 0 spiro atoms. The third kappa shape index (κ3) is 2.28. The standard InChI is InChI=1S/C8H16O7/c1-2-14-8(13)7(12)6(11)5(10)4(3-9)15-8/h4-7,9-13H,2-3H2,1H3/t4-,5+,6+,7-,8-/m1/s1. The van der Waals surface area contributed by atoms with Crippen LogP contribution in [0, 0.1) is 0 Å². The molecular formula is C8H16O7. The molecule has 0 aromatic rings. The zero-order chi connectivity index (χ0) is 11.6. The predicted molar refractivity (Wildman–Crippen MR) is 46.6 cm³/mol. The molecule has 0 aromatic carbocycles. The number of hydrogen-bond donors (Lipinski definition) is 5. The molecule has 7 nitrogen and oxygen atoms in total. The normalized spacial score (nSPS) is 46.8. The molecule has 1 rings (SSSR count). The van der Waals surface area contributed by atoms with Crippen LogP contribution in [0.1, 0.15) is 6.92 Å². The van der Waals surface area contributed by atoms with Gasteiger partial charge in [-0.3, -0.25) is 0 Å². The molecule has 0 aliphatic carbocycles. The van der Waals surface area contributed by atoms with Gasteiger partial charge in [-0.25, -0.2) is 0 Å². The van der Waals surface area contributed by atoms with Crippen molar-refractivity contribution in [1.29, 1.82) is 0 Å². The van der Waals surface area contributed by atoms with Crippen molar-refractivity contribution in [2.24, 2.45) is 0 Å². The molecule has 0 aromatic heterocycles. The van der Waals surface area contributed by atoms with Crippen LogP contribution < -0.4 is 0 Å². The monoisotopic (exact) mass is 224 g/mol. The van der Waals surface area contributed by atoms with Crippen LogP contribution in [0.25, 0.3) is 0 Å². The minimum absolute atomic E-state index is 0.0362. The largest absolute Gasteiger partial charge is 0.394 e. The first-order valence-corrected chi connectivity index (χ1v) is 4.65. The van der Waals surface area contributed by atoms with Gasteiger partial charge in [0.1, 0.15) is 18.3 Å². The second-order valence-electron chi connectivity index (χ2n) is 3.33. The lowest BCUT2D eigenvalue weighted by molar-refractivity contribution is -0.447. The molecule has 7 heteroatoms. The van der Waals surface area contributed by atoms with E-state index in [-0.39, 0.29) is 6.61 Å². The Bertz CT molecular complexity index is 209. The lowest BCUT2D eigenvalue weighted by Gasteiger charge is -2.44. The van der Waals surface area contributed by atoms with E-state index < -0.39 is 37.0 Å². The summed E-state index contributed by atoms with van der Waals surface area (Å²) in [6, 6.07) is 0. The van der Waals surface area contributed by atoms with E-state index >= 15 is 0 Å². The highest BCUT2D eigenvalue weighted by atomic mass is 16.8. The van der Waals surface area contributed by atoms with E-state index in [0.29, 0.717) is 0 Å². The van der Waals surface area contributed by atoms with Crippen LogP contribution >= 0.6 is 0 Å². The van der Waals surface area contributed by atoms with Gasteiger partial charge in [0.15, 0.2) is 6.10 Å². The Morgan fingerprint density at radius 2 is 1.87 bits per heavy atom. The van der Waals surface area contributed by atoms with Gasteiger partial charge in [0, 0.05) is 6.61 Å². The molecule has 1 heterocycles. The van der Waals surface area contributed by atoms with Crippen molar-refractivity contribution >= 4 is 0 Å². The van der Waals surface area contributed by atoms with Crippen LogP contribution in [0.5, 0.6) is 0 Å². The van der Waals surface area contributed by atoms with E-state index in [1.165, 1.54) is 0 Å². The Labute approximate surface area is 86.5 Å². The topological polar surface area (TPSA) is 120 Å². The van der Waals surface area contributed by atoms with Gasteiger partial charge in [0.25, 0.3) is 0 Å². The Hall–Kier alpha value is -0.280. The van der Waals surface area contributed by atoms with Crippen LogP contribution in [-0.4, -0.2) is 69.1 Å². The predicted octanol–water partition coefficient (Wildman–Crippen LogP) is -2.86. The molecule has 0 radical (unpaired) electrons. The van der Waals surface area contributed by atoms with Gasteiger partial charge < -0.3 is 35.0 Å². The second-order valence-corrected chi connectivity index (χ2v) is 3.33. The summed E-state index contributed by atoms with van der Waals surface area (Å²) in [6.45, 7) is 0.980. The molecule has 1 aliphatic rings. The quantitative estimate of drug-likeness (QED) is 0.327. The summed E-state index contributed by atoms with van der Waals surface area (Å²) in [5.74, 6) is -2.40. The molecule has 90 valence electrons. The smallest absolute Gasteiger partial charge is 0.311 e. The van der Waals surface area contributed by atoms with E-state index in [9.17, 15) is 20.4 Å². The first-order valence-electron chi connectivity index (χ1n) is 4.65. The van der Waals surface area contributed by atoms with E-state index in [1.54, 1.807) is 6.92 Å². The molecule has 1 aliphatic heterocycles. The average Bonchev–Trinajstić information content (AvgIpc) is 2.21. The van der Waals surface area contributed by atoms with E-state index in [1.807, 2.05) is 0 Å². The lowest BCUT2D eigenvalue weighted by Crippen LogP contribution is -2.66. The van der Waals surface area contributed by atoms with E-state index in [2.05, 4.69) is 0 Å². The van der Waals surface area contributed by atoms with Crippen LogP contribution in [0.3, 0.4) is 0 Å². The number of rotatable bonds is 3. The second kappa shape index (κ2) is 4.71. The third-order valence-corrected chi connectivity index (χ3v) is 2.28. The zero-order valence-electron chi connectivity index (χ0n) is 8.28. The number of aliphatic hydroxyl groups is 5. The highest BCUT2D eigenvalue weighted by molar-refractivity contribution is 4.91.